The van der Waals surface area contributed by atoms with E-state index in [9.17, 15) is 14.4 Å². The SMILES string of the molecule is Cc1cccc(C(=O)Oc2ccccc2C=NN2C(=O)C3C4C=CC(C4)C3C2=O)c1. The molecule has 4 atom stereocenters. The van der Waals surface area contributed by atoms with Crippen LogP contribution in [0.5, 0.6) is 5.75 Å². The van der Waals surface area contributed by atoms with E-state index in [4.69, 9.17) is 4.74 Å². The molecule has 2 aromatic rings. The molecule has 0 radical (unpaired) electrons. The normalized spacial score (nSPS) is 26.6. The van der Waals surface area contributed by atoms with Crippen molar-refractivity contribution < 1.29 is 19.1 Å². The number of nitrogens with zero attached hydrogens (tertiary/aromatic N) is 2. The van der Waals surface area contributed by atoms with E-state index in [2.05, 4.69) is 5.10 Å². The summed E-state index contributed by atoms with van der Waals surface area (Å²) >= 11 is 0. The molecule has 1 saturated heterocycles. The summed E-state index contributed by atoms with van der Waals surface area (Å²) in [7, 11) is 0. The number of aryl methyl sites for hydroxylation is 1. The van der Waals surface area contributed by atoms with Crippen LogP contribution in [-0.2, 0) is 9.59 Å². The highest BCUT2D eigenvalue weighted by Gasteiger charge is 2.59. The van der Waals surface area contributed by atoms with E-state index < -0.39 is 5.97 Å². The maximum atomic E-state index is 12.8. The summed E-state index contributed by atoms with van der Waals surface area (Å²) in [5, 5.41) is 5.17. The molecule has 5 rings (SSSR count). The minimum atomic E-state index is -0.481. The van der Waals surface area contributed by atoms with Crippen molar-refractivity contribution in [2.75, 3.05) is 0 Å². The Kier molecular flexibility index (Phi) is 4.35. The lowest BCUT2D eigenvalue weighted by Crippen LogP contribution is -2.28. The molecule has 3 aliphatic rings. The van der Waals surface area contributed by atoms with Crippen LogP contribution in [0.1, 0.15) is 27.9 Å². The number of carbonyl (C=O) groups excluding carboxylic acids is 3. The zero-order valence-electron chi connectivity index (χ0n) is 16.4. The number of rotatable bonds is 4. The van der Waals surface area contributed by atoms with Gasteiger partial charge in [0.05, 0.1) is 23.6 Å². The first-order valence-corrected chi connectivity index (χ1v) is 10.0. The Bertz CT molecular complexity index is 1090. The molecule has 2 bridgehead atoms. The van der Waals surface area contributed by atoms with E-state index in [1.807, 2.05) is 25.1 Å². The monoisotopic (exact) mass is 400 g/mol. The molecule has 1 heterocycles. The minimum absolute atomic E-state index is 0.138. The van der Waals surface area contributed by atoms with E-state index >= 15 is 0 Å². The maximum Gasteiger partial charge on any atom is 0.343 e. The molecule has 6 nitrogen and oxygen atoms in total. The van der Waals surface area contributed by atoms with Gasteiger partial charge in [0, 0.05) is 5.56 Å². The molecule has 2 aliphatic carbocycles. The fourth-order valence-electron chi connectivity index (χ4n) is 4.73. The Morgan fingerprint density at radius 3 is 2.43 bits per heavy atom. The number of benzene rings is 2. The van der Waals surface area contributed by atoms with Crippen molar-refractivity contribution in [1.29, 1.82) is 0 Å². The van der Waals surface area contributed by atoms with Crippen LogP contribution in [0.2, 0.25) is 0 Å². The molecule has 2 fully saturated rings. The van der Waals surface area contributed by atoms with Crippen molar-refractivity contribution in [3.63, 3.8) is 0 Å². The third kappa shape index (κ3) is 2.96. The summed E-state index contributed by atoms with van der Waals surface area (Å²) in [4.78, 5) is 38.0. The van der Waals surface area contributed by atoms with Gasteiger partial charge < -0.3 is 4.74 Å². The molecule has 30 heavy (non-hydrogen) atoms. The molecular formula is C24H20N2O4. The quantitative estimate of drug-likeness (QED) is 0.259. The number of carbonyl (C=O) groups is 3. The number of ether oxygens (including phenoxy) is 1. The Labute approximate surface area is 173 Å². The number of hydrogen-bond donors (Lipinski definition) is 0. The van der Waals surface area contributed by atoms with Gasteiger partial charge in [0.2, 0.25) is 0 Å². The summed E-state index contributed by atoms with van der Waals surface area (Å²) < 4.78 is 5.55. The summed E-state index contributed by atoms with van der Waals surface area (Å²) in [6.07, 6.45) is 6.38. The zero-order valence-corrected chi connectivity index (χ0v) is 16.4. The van der Waals surface area contributed by atoms with Crippen molar-refractivity contribution >= 4 is 24.0 Å². The molecule has 1 saturated carbocycles. The van der Waals surface area contributed by atoms with Crippen LogP contribution in [0.25, 0.3) is 0 Å². The van der Waals surface area contributed by atoms with Crippen molar-refractivity contribution in [3.8, 4) is 5.75 Å². The molecule has 6 heteroatoms. The molecule has 2 aromatic carbocycles. The van der Waals surface area contributed by atoms with Gasteiger partial charge in [-0.15, -0.1) is 0 Å². The fraction of sp³-hybridized carbons (Fsp3) is 0.250. The highest BCUT2D eigenvalue weighted by Crippen LogP contribution is 2.52. The van der Waals surface area contributed by atoms with Gasteiger partial charge in [-0.25, -0.2) is 4.79 Å². The summed E-state index contributed by atoms with van der Waals surface area (Å²) in [6.45, 7) is 1.90. The minimum Gasteiger partial charge on any atom is -0.422 e. The van der Waals surface area contributed by atoms with Crippen molar-refractivity contribution in [1.82, 2.24) is 5.01 Å². The molecule has 0 N–H and O–H groups in total. The number of hydrogen-bond acceptors (Lipinski definition) is 5. The summed E-state index contributed by atoms with van der Waals surface area (Å²) in [6, 6.07) is 14.0. The van der Waals surface area contributed by atoms with E-state index in [0.29, 0.717) is 16.9 Å². The molecule has 150 valence electrons. The second-order valence-corrected chi connectivity index (χ2v) is 8.03. The first kappa shape index (κ1) is 18.5. The van der Waals surface area contributed by atoms with E-state index in [1.54, 1.807) is 42.5 Å². The lowest BCUT2D eigenvalue weighted by atomic mass is 9.85. The van der Waals surface area contributed by atoms with Gasteiger partial charge in [-0.05, 0) is 49.4 Å². The molecule has 2 amide bonds. The van der Waals surface area contributed by atoms with Crippen LogP contribution in [0, 0.1) is 30.6 Å². The lowest BCUT2D eigenvalue weighted by molar-refractivity contribution is -0.140. The Hall–Kier alpha value is -3.54. The average Bonchev–Trinajstić information content (AvgIpc) is 3.42. The number of amides is 2. The predicted molar refractivity (Wildman–Crippen MR) is 110 cm³/mol. The molecule has 0 spiro atoms. The van der Waals surface area contributed by atoms with Crippen LogP contribution < -0.4 is 4.74 Å². The van der Waals surface area contributed by atoms with Crippen molar-refractivity contribution in [3.05, 3.63) is 77.4 Å². The average molecular weight is 400 g/mol. The van der Waals surface area contributed by atoms with Crippen molar-refractivity contribution in [2.24, 2.45) is 28.8 Å². The van der Waals surface area contributed by atoms with Gasteiger partial charge in [-0.1, -0.05) is 42.0 Å². The van der Waals surface area contributed by atoms with Crippen LogP contribution >= 0.6 is 0 Å². The lowest BCUT2D eigenvalue weighted by Gasteiger charge is -2.13. The summed E-state index contributed by atoms with van der Waals surface area (Å²) in [5.41, 5.74) is 1.92. The van der Waals surface area contributed by atoms with Gasteiger partial charge in [0.1, 0.15) is 5.75 Å². The summed E-state index contributed by atoms with van der Waals surface area (Å²) in [5.74, 6) is -0.963. The number of fused-ring (bicyclic) bond motifs is 5. The van der Waals surface area contributed by atoms with E-state index in [0.717, 1.165) is 17.0 Å². The van der Waals surface area contributed by atoms with E-state index in [1.165, 1.54) is 6.21 Å². The first-order chi connectivity index (χ1) is 14.5. The van der Waals surface area contributed by atoms with E-state index in [-0.39, 0.29) is 35.5 Å². The number of allylic oxidation sites excluding steroid dienone is 2. The van der Waals surface area contributed by atoms with Crippen LogP contribution in [-0.4, -0.2) is 29.0 Å². The van der Waals surface area contributed by atoms with Crippen molar-refractivity contribution in [2.45, 2.75) is 13.3 Å². The number of para-hydroxylation sites is 1. The van der Waals surface area contributed by atoms with Gasteiger partial charge in [-0.2, -0.15) is 10.1 Å². The zero-order chi connectivity index (χ0) is 20.8. The highest BCUT2D eigenvalue weighted by atomic mass is 16.5. The van der Waals surface area contributed by atoms with Gasteiger partial charge in [0.25, 0.3) is 11.8 Å². The second kappa shape index (κ2) is 7.06. The molecule has 1 aliphatic heterocycles. The largest absolute Gasteiger partial charge is 0.422 e. The molecular weight excluding hydrogens is 380 g/mol. The second-order valence-electron chi connectivity index (χ2n) is 8.03. The maximum absolute atomic E-state index is 12.8. The van der Waals surface area contributed by atoms with Gasteiger partial charge in [0.15, 0.2) is 0 Å². The Balaban J connectivity index is 1.36. The van der Waals surface area contributed by atoms with Crippen LogP contribution in [0.4, 0.5) is 0 Å². The molecule has 4 unspecified atom stereocenters. The number of imide groups is 1. The standard InChI is InChI=1S/C24H20N2O4/c1-14-5-4-7-17(11-14)24(29)30-19-8-3-2-6-18(19)13-25-26-22(27)20-15-9-10-16(12-15)21(20)23(26)28/h2-11,13,15-16,20-21H,12H2,1H3. The first-order valence-electron chi connectivity index (χ1n) is 10.0. The number of esters is 1. The third-order valence-electron chi connectivity index (χ3n) is 6.13. The smallest absolute Gasteiger partial charge is 0.343 e. The topological polar surface area (TPSA) is 76.0 Å². The number of hydrazone groups is 1. The van der Waals surface area contributed by atoms with Crippen LogP contribution in [0.3, 0.4) is 0 Å². The predicted octanol–water partition coefficient (Wildman–Crippen LogP) is 3.36. The third-order valence-corrected chi connectivity index (χ3v) is 6.13. The fourth-order valence-corrected chi connectivity index (χ4v) is 4.73. The highest BCUT2D eigenvalue weighted by molar-refractivity contribution is 6.07. The Morgan fingerprint density at radius 1 is 1.03 bits per heavy atom. The van der Waals surface area contributed by atoms with Crippen LogP contribution in [0.15, 0.2) is 65.8 Å². The van der Waals surface area contributed by atoms with Gasteiger partial charge in [-0.3, -0.25) is 9.59 Å². The molecule has 0 aromatic heterocycles. The Morgan fingerprint density at radius 2 is 1.73 bits per heavy atom. The van der Waals surface area contributed by atoms with Gasteiger partial charge >= 0.3 is 5.97 Å².